The van der Waals surface area contributed by atoms with Crippen LogP contribution in [-0.2, 0) is 13.0 Å². The minimum atomic E-state index is -0.0147. The Morgan fingerprint density at radius 3 is 2.76 bits per heavy atom. The Kier molecular flexibility index (Phi) is 6.11. The van der Waals surface area contributed by atoms with Crippen molar-refractivity contribution in [3.8, 4) is 34.7 Å². The molecule has 34 heavy (non-hydrogen) atoms. The summed E-state index contributed by atoms with van der Waals surface area (Å²) in [7, 11) is 0. The van der Waals surface area contributed by atoms with E-state index >= 15 is 0 Å². The minimum Gasteiger partial charge on any atom is -0.490 e. The third-order valence-corrected chi connectivity index (χ3v) is 6.04. The fourth-order valence-electron chi connectivity index (χ4n) is 4.47. The number of nitriles is 1. The summed E-state index contributed by atoms with van der Waals surface area (Å²) in [5.74, 6) is 1.50. The standard InChI is InChI=1S/C28H26N4O2/c1-18(2)33-26-14-11-20(15-21(26)16-29)28-31-27(32-34-28)24-10-6-9-23-22(24)12-13-25(23)30-17-19-7-4-3-5-8-19/h3-11,14-15,18,25,30H,12-13,17H2,1-2H3. The van der Waals surface area contributed by atoms with Crippen LogP contribution in [0.3, 0.4) is 0 Å². The monoisotopic (exact) mass is 450 g/mol. The number of benzene rings is 3. The molecule has 1 aliphatic carbocycles. The van der Waals surface area contributed by atoms with E-state index < -0.39 is 0 Å². The maximum atomic E-state index is 9.53. The third kappa shape index (κ3) is 4.43. The molecule has 0 saturated carbocycles. The molecule has 5 rings (SSSR count). The molecule has 170 valence electrons. The Morgan fingerprint density at radius 2 is 1.97 bits per heavy atom. The molecule has 0 amide bonds. The van der Waals surface area contributed by atoms with Crippen molar-refractivity contribution in [1.82, 2.24) is 15.5 Å². The van der Waals surface area contributed by atoms with Crippen LogP contribution in [0.1, 0.15) is 48.6 Å². The predicted molar refractivity (Wildman–Crippen MR) is 130 cm³/mol. The molecule has 0 aliphatic heterocycles. The largest absolute Gasteiger partial charge is 0.490 e. The summed E-state index contributed by atoms with van der Waals surface area (Å²) in [4.78, 5) is 4.66. The van der Waals surface area contributed by atoms with Crippen molar-refractivity contribution in [1.29, 1.82) is 5.26 Å². The van der Waals surface area contributed by atoms with E-state index in [1.165, 1.54) is 16.7 Å². The number of nitrogens with one attached hydrogen (secondary N) is 1. The molecule has 1 aromatic heterocycles. The second-order valence-corrected chi connectivity index (χ2v) is 8.74. The van der Waals surface area contributed by atoms with Gasteiger partial charge in [0.25, 0.3) is 5.89 Å². The van der Waals surface area contributed by atoms with Crippen molar-refractivity contribution in [3.05, 3.63) is 89.0 Å². The molecule has 0 radical (unpaired) electrons. The molecular weight excluding hydrogens is 424 g/mol. The molecule has 1 unspecified atom stereocenters. The highest BCUT2D eigenvalue weighted by molar-refractivity contribution is 5.67. The normalized spacial score (nSPS) is 14.7. The van der Waals surface area contributed by atoms with Gasteiger partial charge in [-0.2, -0.15) is 10.2 Å². The van der Waals surface area contributed by atoms with Crippen LogP contribution in [0.5, 0.6) is 5.75 Å². The SMILES string of the molecule is CC(C)Oc1ccc(-c2nc(-c3cccc4c3CCC4NCc3ccccc3)no2)cc1C#N. The third-order valence-electron chi connectivity index (χ3n) is 6.04. The number of ether oxygens (including phenoxy) is 1. The molecule has 1 aliphatic rings. The lowest BCUT2D eigenvalue weighted by Gasteiger charge is -2.14. The summed E-state index contributed by atoms with van der Waals surface area (Å²) in [6.07, 6.45) is 1.98. The van der Waals surface area contributed by atoms with E-state index in [4.69, 9.17) is 9.26 Å². The molecular formula is C28H26N4O2. The van der Waals surface area contributed by atoms with Gasteiger partial charge in [-0.25, -0.2) is 0 Å². The van der Waals surface area contributed by atoms with E-state index in [9.17, 15) is 5.26 Å². The van der Waals surface area contributed by atoms with Crippen LogP contribution in [0.25, 0.3) is 22.8 Å². The zero-order valence-electron chi connectivity index (χ0n) is 19.3. The molecule has 3 aromatic carbocycles. The van der Waals surface area contributed by atoms with Crippen LogP contribution < -0.4 is 10.1 Å². The molecule has 6 heteroatoms. The number of rotatable bonds is 7. The summed E-state index contributed by atoms with van der Waals surface area (Å²) < 4.78 is 11.3. The summed E-state index contributed by atoms with van der Waals surface area (Å²) in [6.45, 7) is 4.69. The predicted octanol–water partition coefficient (Wildman–Crippen LogP) is 5.84. The smallest absolute Gasteiger partial charge is 0.258 e. The van der Waals surface area contributed by atoms with Crippen molar-refractivity contribution in [2.45, 2.75) is 45.4 Å². The van der Waals surface area contributed by atoms with Gasteiger partial charge in [0.15, 0.2) is 0 Å². The molecule has 1 N–H and O–H groups in total. The molecule has 0 spiro atoms. The lowest BCUT2D eigenvalue weighted by molar-refractivity contribution is 0.241. The summed E-state index contributed by atoms with van der Waals surface area (Å²) in [5, 5.41) is 17.5. The zero-order chi connectivity index (χ0) is 23.5. The second-order valence-electron chi connectivity index (χ2n) is 8.74. The summed E-state index contributed by atoms with van der Waals surface area (Å²) in [6, 6.07) is 24.6. The Hall–Kier alpha value is -3.95. The van der Waals surface area contributed by atoms with Gasteiger partial charge in [0.1, 0.15) is 11.8 Å². The van der Waals surface area contributed by atoms with Gasteiger partial charge in [-0.15, -0.1) is 0 Å². The lowest BCUT2D eigenvalue weighted by atomic mass is 10.0. The highest BCUT2D eigenvalue weighted by Crippen LogP contribution is 2.37. The second kappa shape index (κ2) is 9.50. The van der Waals surface area contributed by atoms with Gasteiger partial charge in [0, 0.05) is 23.7 Å². The topological polar surface area (TPSA) is 84.0 Å². The Morgan fingerprint density at radius 1 is 1.12 bits per heavy atom. The molecule has 1 heterocycles. The average Bonchev–Trinajstić information content (AvgIpc) is 3.51. The fourth-order valence-corrected chi connectivity index (χ4v) is 4.47. The van der Waals surface area contributed by atoms with Gasteiger partial charge >= 0.3 is 0 Å². The van der Waals surface area contributed by atoms with E-state index in [1.54, 1.807) is 12.1 Å². The number of fused-ring (bicyclic) bond motifs is 1. The van der Waals surface area contributed by atoms with Crippen LogP contribution in [0.2, 0.25) is 0 Å². The number of nitrogens with zero attached hydrogens (tertiary/aromatic N) is 3. The van der Waals surface area contributed by atoms with Crippen LogP contribution in [0.15, 0.2) is 71.3 Å². The average molecular weight is 451 g/mol. The van der Waals surface area contributed by atoms with E-state index in [0.29, 0.717) is 34.6 Å². The van der Waals surface area contributed by atoms with E-state index in [0.717, 1.165) is 24.9 Å². The first kappa shape index (κ1) is 21.9. The van der Waals surface area contributed by atoms with Crippen molar-refractivity contribution in [2.75, 3.05) is 0 Å². The lowest BCUT2D eigenvalue weighted by Crippen LogP contribution is -2.18. The highest BCUT2D eigenvalue weighted by atomic mass is 16.5. The first-order valence-electron chi connectivity index (χ1n) is 11.6. The van der Waals surface area contributed by atoms with Crippen LogP contribution >= 0.6 is 0 Å². The first-order valence-corrected chi connectivity index (χ1v) is 11.6. The highest BCUT2D eigenvalue weighted by Gasteiger charge is 2.26. The first-order chi connectivity index (χ1) is 16.6. The van der Waals surface area contributed by atoms with Gasteiger partial charge in [0.2, 0.25) is 5.82 Å². The van der Waals surface area contributed by atoms with Crippen LogP contribution in [0, 0.1) is 11.3 Å². The maximum absolute atomic E-state index is 9.53. The Bertz CT molecular complexity index is 1340. The van der Waals surface area contributed by atoms with Crippen molar-refractivity contribution in [3.63, 3.8) is 0 Å². The minimum absolute atomic E-state index is 0.0147. The molecule has 0 bridgehead atoms. The van der Waals surface area contributed by atoms with Gasteiger partial charge < -0.3 is 14.6 Å². The van der Waals surface area contributed by atoms with E-state index in [1.807, 2.05) is 32.0 Å². The summed E-state index contributed by atoms with van der Waals surface area (Å²) in [5.41, 5.74) is 5.97. The maximum Gasteiger partial charge on any atom is 0.258 e. The van der Waals surface area contributed by atoms with Gasteiger partial charge in [-0.3, -0.25) is 0 Å². The van der Waals surface area contributed by atoms with Gasteiger partial charge in [-0.1, -0.05) is 53.7 Å². The quantitative estimate of drug-likeness (QED) is 0.381. The van der Waals surface area contributed by atoms with Crippen molar-refractivity contribution < 1.29 is 9.26 Å². The molecule has 0 saturated heterocycles. The number of hydrogen-bond acceptors (Lipinski definition) is 6. The van der Waals surface area contributed by atoms with E-state index in [2.05, 4.69) is 57.9 Å². The molecule has 1 atom stereocenters. The molecule has 0 fully saturated rings. The van der Waals surface area contributed by atoms with Crippen LogP contribution in [-0.4, -0.2) is 16.2 Å². The number of aromatic nitrogens is 2. The van der Waals surface area contributed by atoms with Crippen molar-refractivity contribution in [2.24, 2.45) is 0 Å². The number of hydrogen-bond donors (Lipinski definition) is 1. The van der Waals surface area contributed by atoms with Crippen molar-refractivity contribution >= 4 is 0 Å². The van der Waals surface area contributed by atoms with Gasteiger partial charge in [-0.05, 0) is 61.6 Å². The Balaban J connectivity index is 1.38. The zero-order valence-corrected chi connectivity index (χ0v) is 19.3. The van der Waals surface area contributed by atoms with E-state index in [-0.39, 0.29) is 6.10 Å². The summed E-state index contributed by atoms with van der Waals surface area (Å²) >= 11 is 0. The Labute approximate surface area is 199 Å². The van der Waals surface area contributed by atoms with Crippen LogP contribution in [0.4, 0.5) is 0 Å². The van der Waals surface area contributed by atoms with Gasteiger partial charge in [0.05, 0.1) is 11.7 Å². The molecule has 6 nitrogen and oxygen atoms in total. The fraction of sp³-hybridized carbons (Fsp3) is 0.250. The molecule has 4 aromatic rings.